The molecule has 0 aliphatic carbocycles. The number of carbonyl (C=O) groups excluding carboxylic acids is 2. The minimum atomic E-state index is -0.990. The maximum Gasteiger partial charge on any atom is 0.310 e. The summed E-state index contributed by atoms with van der Waals surface area (Å²) < 4.78 is 26.6. The summed E-state index contributed by atoms with van der Waals surface area (Å²) in [5, 5.41) is 9.50. The number of esters is 2. The highest BCUT2D eigenvalue weighted by atomic mass is 35.5. The normalized spacial score (nSPS) is 20.2. The van der Waals surface area contributed by atoms with Crippen molar-refractivity contribution >= 4 is 74.8 Å². The first-order valence-electron chi connectivity index (χ1n) is 20.0. The van der Waals surface area contributed by atoms with E-state index in [2.05, 4.69) is 31.8 Å². The van der Waals surface area contributed by atoms with Crippen molar-refractivity contribution in [1.82, 2.24) is 29.1 Å². The third-order valence-electron chi connectivity index (χ3n) is 9.68. The topological polar surface area (TPSA) is 222 Å². The highest BCUT2D eigenvalue weighted by Crippen LogP contribution is 2.40. The molecule has 18 heteroatoms. The first-order valence-corrected chi connectivity index (χ1v) is 20.7. The number of aliphatic carboxylic acids is 1. The van der Waals surface area contributed by atoms with Crippen LogP contribution in [0.1, 0.15) is 85.2 Å². The average Bonchev–Trinajstić information content (AvgIpc) is 4.06. The van der Waals surface area contributed by atoms with Crippen molar-refractivity contribution in [2.45, 2.75) is 97.3 Å². The third-order valence-corrected chi connectivity index (χ3v) is 10.0. The molecule has 62 heavy (non-hydrogen) atoms. The molecule has 4 atom stereocenters. The van der Waals surface area contributed by atoms with E-state index in [1.165, 1.54) is 0 Å². The lowest BCUT2D eigenvalue weighted by Crippen LogP contribution is -2.34. The summed E-state index contributed by atoms with van der Waals surface area (Å²) in [6, 6.07) is 13.0. The first kappa shape index (κ1) is 48.8. The molecule has 2 aliphatic rings. The zero-order chi connectivity index (χ0) is 45.8. The number of nitrogens with zero attached hydrogens (tertiary/aromatic N) is 6. The van der Waals surface area contributed by atoms with Crippen LogP contribution in [0.15, 0.2) is 54.9 Å². The molecule has 2 fully saturated rings. The Labute approximate surface area is 370 Å². The van der Waals surface area contributed by atoms with Crippen LogP contribution < -0.4 is 11.5 Å². The number of carbonyl (C=O) groups is 3. The van der Waals surface area contributed by atoms with Gasteiger partial charge < -0.3 is 44.7 Å². The van der Waals surface area contributed by atoms with E-state index in [4.69, 9.17) is 71.6 Å². The molecule has 0 spiro atoms. The van der Waals surface area contributed by atoms with Gasteiger partial charge in [0.25, 0.3) is 0 Å². The Bertz CT molecular complexity index is 2430. The summed E-state index contributed by atoms with van der Waals surface area (Å²) in [4.78, 5) is 50.0. The van der Waals surface area contributed by atoms with Gasteiger partial charge in [-0.1, -0.05) is 83.7 Å². The second kappa shape index (κ2) is 21.7. The van der Waals surface area contributed by atoms with E-state index in [0.717, 1.165) is 5.56 Å². The monoisotopic (exact) mass is 890 g/mol. The predicted octanol–water partition coefficient (Wildman–Crippen LogP) is 7.43. The van der Waals surface area contributed by atoms with Crippen molar-refractivity contribution in [2.75, 3.05) is 24.7 Å². The molecule has 4 aromatic heterocycles. The number of nitrogens with two attached hydrogens (primary N) is 2. The maximum atomic E-state index is 12.2. The quantitative estimate of drug-likeness (QED) is 0.0705. The van der Waals surface area contributed by atoms with Crippen molar-refractivity contribution in [1.29, 1.82) is 0 Å². The van der Waals surface area contributed by atoms with Crippen molar-refractivity contribution in [3.05, 3.63) is 71.0 Å². The van der Waals surface area contributed by atoms with E-state index in [1.54, 1.807) is 39.8 Å². The lowest BCUT2D eigenvalue weighted by molar-refractivity contribution is -0.156. The zero-order valence-corrected chi connectivity index (χ0v) is 37.0. The molecule has 330 valence electrons. The predicted molar refractivity (Wildman–Crippen MR) is 236 cm³/mol. The summed E-state index contributed by atoms with van der Waals surface area (Å²) in [5.74, 6) is 4.06. The summed E-state index contributed by atoms with van der Waals surface area (Å²) in [6.45, 7) is 10.8. The van der Waals surface area contributed by atoms with Crippen LogP contribution in [-0.4, -0.2) is 76.5 Å². The molecule has 0 amide bonds. The largest absolute Gasteiger partial charge is 0.481 e. The summed E-state index contributed by atoms with van der Waals surface area (Å²) in [7, 11) is 0. The third kappa shape index (κ3) is 12.1. The molecular weight excluding hydrogens is 839 g/mol. The van der Waals surface area contributed by atoms with Gasteiger partial charge in [-0.15, -0.1) is 12.8 Å². The fraction of sp³-hybridized carbons (Fsp3) is 0.432. The van der Waals surface area contributed by atoms with Crippen LogP contribution in [0.3, 0.4) is 0 Å². The summed E-state index contributed by atoms with van der Waals surface area (Å²) >= 11 is 11.9. The van der Waals surface area contributed by atoms with Gasteiger partial charge in [0.15, 0.2) is 11.2 Å². The van der Waals surface area contributed by atoms with E-state index in [1.807, 2.05) is 65.7 Å². The van der Waals surface area contributed by atoms with Gasteiger partial charge in [0.2, 0.25) is 10.6 Å². The number of rotatable bonds is 10. The van der Waals surface area contributed by atoms with E-state index >= 15 is 0 Å². The molecule has 0 radical (unpaired) electrons. The van der Waals surface area contributed by atoms with Crippen LogP contribution in [0.4, 0.5) is 11.6 Å². The van der Waals surface area contributed by atoms with Crippen LogP contribution >= 0.6 is 23.2 Å². The number of hydrogen-bond donors (Lipinski definition) is 3. The number of carboxylic acids is 1. The molecule has 16 nitrogen and oxygen atoms in total. The number of halogens is 2. The maximum absolute atomic E-state index is 12.2. The second-order valence-corrected chi connectivity index (χ2v) is 15.4. The van der Waals surface area contributed by atoms with Gasteiger partial charge in [0.05, 0.1) is 29.0 Å². The molecule has 5 N–H and O–H groups in total. The SMILES string of the molecule is C#CC1(COC(=O)C(C)C)CCC(n2ccc3c(N)nc(Cl)nc32)O1.C#CC1(COC(=O)Cc2ccccc2)CCC(n2ccc3c(N)nc(Cl)nc32)O1.CC.CC(C)C(=O)O. The molecule has 5 aromatic rings. The zero-order valence-electron chi connectivity index (χ0n) is 35.5. The first-order chi connectivity index (χ1) is 29.5. The number of anilines is 2. The fourth-order valence-electron chi connectivity index (χ4n) is 6.26. The number of aromatic nitrogens is 6. The van der Waals surface area contributed by atoms with E-state index in [-0.39, 0.29) is 66.4 Å². The fourth-order valence-corrected chi connectivity index (χ4v) is 6.60. The van der Waals surface area contributed by atoms with E-state index in [0.29, 0.717) is 59.4 Å². The van der Waals surface area contributed by atoms with E-state index in [9.17, 15) is 14.4 Å². The Morgan fingerprint density at radius 3 is 1.63 bits per heavy atom. The number of fused-ring (bicyclic) bond motifs is 2. The second-order valence-electron chi connectivity index (χ2n) is 14.8. The highest BCUT2D eigenvalue weighted by molar-refractivity contribution is 6.29. The van der Waals surface area contributed by atoms with Crippen LogP contribution in [0, 0.1) is 36.5 Å². The number of nitrogen functional groups attached to an aromatic ring is 2. The van der Waals surface area contributed by atoms with Gasteiger partial charge in [-0.05, 0) is 66.6 Å². The van der Waals surface area contributed by atoms with Crippen LogP contribution in [-0.2, 0) is 39.8 Å². The van der Waals surface area contributed by atoms with Crippen LogP contribution in [0.25, 0.3) is 22.1 Å². The Kier molecular flexibility index (Phi) is 17.1. The van der Waals surface area contributed by atoms with Gasteiger partial charge in [0, 0.05) is 12.4 Å². The molecule has 4 unspecified atom stereocenters. The molecule has 0 bridgehead atoms. The average molecular weight is 892 g/mol. The van der Waals surface area contributed by atoms with Crippen LogP contribution in [0.2, 0.25) is 10.6 Å². The minimum absolute atomic E-state index is 0.0112. The number of carboxylic acid groups (broad SMARTS) is 1. The Morgan fingerprint density at radius 2 is 1.23 bits per heavy atom. The number of benzene rings is 1. The van der Waals surface area contributed by atoms with Crippen molar-refractivity contribution < 1.29 is 38.4 Å². The Morgan fingerprint density at radius 1 is 0.790 bits per heavy atom. The molecule has 1 aromatic carbocycles. The lowest BCUT2D eigenvalue weighted by Gasteiger charge is -2.24. The number of ether oxygens (including phenoxy) is 4. The Balaban J connectivity index is 0.000000235. The van der Waals surface area contributed by atoms with E-state index < -0.39 is 17.2 Å². The molecule has 2 saturated heterocycles. The number of hydrogen-bond acceptors (Lipinski definition) is 13. The van der Waals surface area contributed by atoms with Gasteiger partial charge in [-0.2, -0.15) is 9.97 Å². The number of terminal acetylenes is 2. The van der Waals surface area contributed by atoms with Gasteiger partial charge in [0.1, 0.15) is 48.6 Å². The highest BCUT2D eigenvalue weighted by Gasteiger charge is 2.42. The van der Waals surface area contributed by atoms with Crippen molar-refractivity contribution in [3.63, 3.8) is 0 Å². The molecule has 0 saturated carbocycles. The van der Waals surface area contributed by atoms with Gasteiger partial charge in [-0.3, -0.25) is 14.4 Å². The molecule has 2 aliphatic heterocycles. The van der Waals surface area contributed by atoms with Crippen molar-refractivity contribution in [3.8, 4) is 24.7 Å². The minimum Gasteiger partial charge on any atom is -0.481 e. The smallest absolute Gasteiger partial charge is 0.310 e. The standard InChI is InChI=1S/C21H19ClN4O3.C17H19ClN4O3.C4H8O2.C2H6/c1-2-21(13-28-17(27)12-14-6-4-3-5-7-14)10-8-16(29-21)26-11-9-15-18(23)24-20(22)25-19(15)26;1-4-17(9-24-15(23)10(2)3)7-5-12(25-17)22-8-6-11-13(19)20-16(18)21-14(11)22;1-3(2)4(5)6;1-2/h1,3-7,9,11,16H,8,10,12-13H2,(H2,23,24,25);1,6,8,10,12H,5,7,9H2,2-3H3,(H2,19,20,21);3H,1-2H3,(H,5,6);1-2H3. The molecule has 6 heterocycles. The molecular formula is C44H52Cl2N8O8. The summed E-state index contributed by atoms with van der Waals surface area (Å²) in [5.41, 5.74) is 11.9. The summed E-state index contributed by atoms with van der Waals surface area (Å²) in [6.07, 6.45) is 16.9. The lowest BCUT2D eigenvalue weighted by atomic mass is 10.0. The van der Waals surface area contributed by atoms with Crippen molar-refractivity contribution in [2.24, 2.45) is 11.8 Å². The molecule has 7 rings (SSSR count). The van der Waals surface area contributed by atoms with Crippen LogP contribution in [0.5, 0.6) is 0 Å². The van der Waals surface area contributed by atoms with Gasteiger partial charge >= 0.3 is 17.9 Å². The van der Waals surface area contributed by atoms with Gasteiger partial charge in [-0.25, -0.2) is 9.97 Å². The Hall–Kier alpha value is -5.91.